The number of carbonyl (C=O) groups excluding carboxylic acids is 2. The molecule has 2 aromatic carbocycles. The molecule has 2 amide bonds. The summed E-state index contributed by atoms with van der Waals surface area (Å²) < 4.78 is 5.44. The maximum absolute atomic E-state index is 13.3. The van der Waals surface area contributed by atoms with E-state index in [2.05, 4.69) is 34.7 Å². The van der Waals surface area contributed by atoms with Crippen LogP contribution in [0.4, 0.5) is 0 Å². The third kappa shape index (κ3) is 5.05. The number of piperidine rings is 1. The molecule has 33 heavy (non-hydrogen) atoms. The maximum atomic E-state index is 13.3. The Kier molecular flexibility index (Phi) is 7.02. The van der Waals surface area contributed by atoms with Gasteiger partial charge < -0.3 is 19.9 Å². The second-order valence-electron chi connectivity index (χ2n) is 9.04. The summed E-state index contributed by atoms with van der Waals surface area (Å²) in [6.45, 7) is 7.84. The van der Waals surface area contributed by atoms with Crippen molar-refractivity contribution in [3.8, 4) is 5.75 Å². The van der Waals surface area contributed by atoms with Crippen molar-refractivity contribution in [2.24, 2.45) is 5.92 Å². The summed E-state index contributed by atoms with van der Waals surface area (Å²) >= 11 is 0. The van der Waals surface area contributed by atoms with Crippen LogP contribution in [0.25, 0.3) is 10.9 Å². The predicted octanol–water partition coefficient (Wildman–Crippen LogP) is 4.73. The lowest BCUT2D eigenvalue weighted by Crippen LogP contribution is -2.52. The predicted molar refractivity (Wildman–Crippen MR) is 131 cm³/mol. The zero-order valence-electron chi connectivity index (χ0n) is 19.6. The number of likely N-dealkylation sites (tertiary alicyclic amines) is 1. The average Bonchev–Trinajstić information content (AvgIpc) is 3.27. The summed E-state index contributed by atoms with van der Waals surface area (Å²) in [5.41, 5.74) is 3.01. The first kappa shape index (κ1) is 22.9. The van der Waals surface area contributed by atoms with E-state index < -0.39 is 6.04 Å². The number of nitrogens with zero attached hydrogens (tertiary/aromatic N) is 1. The molecule has 1 unspecified atom stereocenters. The Morgan fingerprint density at radius 2 is 1.79 bits per heavy atom. The monoisotopic (exact) mass is 447 g/mol. The van der Waals surface area contributed by atoms with Gasteiger partial charge >= 0.3 is 0 Å². The Labute approximate surface area is 195 Å². The van der Waals surface area contributed by atoms with Crippen molar-refractivity contribution in [3.63, 3.8) is 0 Å². The summed E-state index contributed by atoms with van der Waals surface area (Å²) in [4.78, 5) is 31.4. The topological polar surface area (TPSA) is 74.4 Å². The van der Waals surface area contributed by atoms with Crippen molar-refractivity contribution in [3.05, 3.63) is 65.9 Å². The standard InChI is InChI=1S/C27H33N3O3/c1-4-33-21-11-9-20(10-12-21)26(31)29-25(18(2)3)27(32)30-15-13-19(14-16-30)23-17-28-24-8-6-5-7-22(23)24/h5-12,17-19,25,28H,4,13-16H2,1-3H3,(H,29,31). The Hall–Kier alpha value is -3.28. The molecule has 3 aromatic rings. The Bertz CT molecular complexity index is 1100. The van der Waals surface area contributed by atoms with Gasteiger partial charge in [-0.3, -0.25) is 9.59 Å². The molecule has 1 aliphatic rings. The van der Waals surface area contributed by atoms with Crippen molar-refractivity contribution in [2.75, 3.05) is 19.7 Å². The van der Waals surface area contributed by atoms with E-state index in [0.29, 0.717) is 31.2 Å². The molecule has 4 rings (SSSR count). The Morgan fingerprint density at radius 3 is 2.45 bits per heavy atom. The van der Waals surface area contributed by atoms with Gasteiger partial charge in [-0.2, -0.15) is 0 Å². The highest BCUT2D eigenvalue weighted by molar-refractivity contribution is 5.97. The number of aromatic amines is 1. The quantitative estimate of drug-likeness (QED) is 0.550. The number of nitrogens with one attached hydrogen (secondary N) is 2. The first-order valence-corrected chi connectivity index (χ1v) is 11.9. The van der Waals surface area contributed by atoms with Crippen LogP contribution in [0.3, 0.4) is 0 Å². The molecule has 174 valence electrons. The maximum Gasteiger partial charge on any atom is 0.251 e. The molecule has 0 bridgehead atoms. The minimum atomic E-state index is -0.547. The Morgan fingerprint density at radius 1 is 1.09 bits per heavy atom. The van der Waals surface area contributed by atoms with Gasteiger partial charge in [0.1, 0.15) is 11.8 Å². The molecule has 2 N–H and O–H groups in total. The molecule has 1 aromatic heterocycles. The third-order valence-electron chi connectivity index (χ3n) is 6.51. The average molecular weight is 448 g/mol. The minimum absolute atomic E-state index is 0.00154. The van der Waals surface area contributed by atoms with Crippen LogP contribution in [-0.4, -0.2) is 47.4 Å². The summed E-state index contributed by atoms with van der Waals surface area (Å²) in [7, 11) is 0. The number of hydrogen-bond acceptors (Lipinski definition) is 3. The van der Waals surface area contributed by atoms with E-state index in [1.54, 1.807) is 24.3 Å². The van der Waals surface area contributed by atoms with Gasteiger partial charge in [0.25, 0.3) is 5.91 Å². The van der Waals surface area contributed by atoms with Crippen LogP contribution in [0.2, 0.25) is 0 Å². The van der Waals surface area contributed by atoms with Crippen molar-refractivity contribution in [1.29, 1.82) is 0 Å². The first-order valence-electron chi connectivity index (χ1n) is 11.9. The van der Waals surface area contributed by atoms with E-state index in [0.717, 1.165) is 24.1 Å². The van der Waals surface area contributed by atoms with E-state index in [1.807, 2.05) is 31.7 Å². The molecule has 1 aliphatic heterocycles. The number of hydrogen-bond donors (Lipinski definition) is 2. The molecular weight excluding hydrogens is 414 g/mol. The van der Waals surface area contributed by atoms with Crippen LogP contribution in [0.5, 0.6) is 5.75 Å². The molecule has 1 fully saturated rings. The van der Waals surface area contributed by atoms with Crippen molar-refractivity contribution >= 4 is 22.7 Å². The van der Waals surface area contributed by atoms with E-state index in [-0.39, 0.29) is 17.7 Å². The van der Waals surface area contributed by atoms with Crippen LogP contribution in [0, 0.1) is 5.92 Å². The fourth-order valence-electron chi connectivity index (χ4n) is 4.65. The van der Waals surface area contributed by atoms with Gasteiger partial charge in [-0.15, -0.1) is 0 Å². The van der Waals surface area contributed by atoms with Crippen LogP contribution in [0.15, 0.2) is 54.7 Å². The minimum Gasteiger partial charge on any atom is -0.494 e. The highest BCUT2D eigenvalue weighted by atomic mass is 16.5. The fraction of sp³-hybridized carbons (Fsp3) is 0.407. The van der Waals surface area contributed by atoms with Gasteiger partial charge in [0.05, 0.1) is 6.61 Å². The van der Waals surface area contributed by atoms with Crippen molar-refractivity contribution in [1.82, 2.24) is 15.2 Å². The Balaban J connectivity index is 1.38. The molecule has 6 heteroatoms. The molecule has 0 aliphatic carbocycles. The largest absolute Gasteiger partial charge is 0.494 e. The SMILES string of the molecule is CCOc1ccc(C(=O)NC(C(=O)N2CCC(c3c[nH]c4ccccc34)CC2)C(C)C)cc1. The van der Waals surface area contributed by atoms with Gasteiger partial charge in [-0.25, -0.2) is 0 Å². The molecule has 0 spiro atoms. The summed E-state index contributed by atoms with van der Waals surface area (Å²) in [5.74, 6) is 0.917. The molecule has 2 heterocycles. The summed E-state index contributed by atoms with van der Waals surface area (Å²) in [5, 5.41) is 4.24. The second kappa shape index (κ2) is 10.1. The zero-order chi connectivity index (χ0) is 23.4. The van der Waals surface area contributed by atoms with Gasteiger partial charge in [0, 0.05) is 35.8 Å². The van der Waals surface area contributed by atoms with Crippen LogP contribution in [-0.2, 0) is 4.79 Å². The smallest absolute Gasteiger partial charge is 0.251 e. The number of fused-ring (bicyclic) bond motifs is 1. The fourth-order valence-corrected chi connectivity index (χ4v) is 4.65. The van der Waals surface area contributed by atoms with Crippen molar-refractivity contribution < 1.29 is 14.3 Å². The molecule has 0 radical (unpaired) electrons. The lowest BCUT2D eigenvalue weighted by Gasteiger charge is -2.35. The molecule has 6 nitrogen and oxygen atoms in total. The second-order valence-corrected chi connectivity index (χ2v) is 9.04. The molecule has 0 saturated carbocycles. The number of carbonyl (C=O) groups is 2. The number of amides is 2. The zero-order valence-corrected chi connectivity index (χ0v) is 19.6. The lowest BCUT2D eigenvalue weighted by molar-refractivity contribution is -0.135. The number of rotatable bonds is 7. The number of ether oxygens (including phenoxy) is 1. The lowest BCUT2D eigenvalue weighted by atomic mass is 9.88. The van der Waals surface area contributed by atoms with Gasteiger partial charge in [-0.1, -0.05) is 32.0 Å². The van der Waals surface area contributed by atoms with Crippen molar-refractivity contribution in [2.45, 2.75) is 45.6 Å². The molecule has 1 atom stereocenters. The van der Waals surface area contributed by atoms with E-state index in [1.165, 1.54) is 10.9 Å². The van der Waals surface area contributed by atoms with Crippen LogP contribution >= 0.6 is 0 Å². The molecule has 1 saturated heterocycles. The first-order chi connectivity index (χ1) is 16.0. The van der Waals surface area contributed by atoms with Gasteiger partial charge in [-0.05, 0) is 67.5 Å². The number of benzene rings is 2. The molecular formula is C27H33N3O3. The number of para-hydroxylation sites is 1. The van der Waals surface area contributed by atoms with Gasteiger partial charge in [0.15, 0.2) is 0 Å². The summed E-state index contributed by atoms with van der Waals surface area (Å²) in [6, 6.07) is 14.8. The van der Waals surface area contributed by atoms with E-state index in [9.17, 15) is 9.59 Å². The normalized spacial score (nSPS) is 15.6. The van der Waals surface area contributed by atoms with Gasteiger partial charge in [0.2, 0.25) is 5.91 Å². The highest BCUT2D eigenvalue weighted by Gasteiger charge is 2.32. The summed E-state index contributed by atoms with van der Waals surface area (Å²) in [6.07, 6.45) is 3.96. The van der Waals surface area contributed by atoms with Crippen LogP contribution < -0.4 is 10.1 Å². The number of H-pyrrole nitrogens is 1. The van der Waals surface area contributed by atoms with Crippen LogP contribution in [0.1, 0.15) is 55.5 Å². The highest BCUT2D eigenvalue weighted by Crippen LogP contribution is 2.33. The van der Waals surface area contributed by atoms with E-state index >= 15 is 0 Å². The number of aromatic nitrogens is 1. The van der Waals surface area contributed by atoms with E-state index in [4.69, 9.17) is 4.74 Å². The third-order valence-corrected chi connectivity index (χ3v) is 6.51.